The van der Waals surface area contributed by atoms with Gasteiger partial charge in [-0.1, -0.05) is 0 Å². The number of methoxy groups -OCH3 is 1. The topological polar surface area (TPSA) is 96.5 Å². The fourth-order valence-corrected chi connectivity index (χ4v) is 3.61. The minimum absolute atomic E-state index is 0. The summed E-state index contributed by atoms with van der Waals surface area (Å²) in [4.78, 5) is 35.5. The van der Waals surface area contributed by atoms with E-state index in [9.17, 15) is 14.4 Å². The lowest BCUT2D eigenvalue weighted by atomic mass is 9.92. The van der Waals surface area contributed by atoms with Gasteiger partial charge < -0.3 is 20.7 Å². The van der Waals surface area contributed by atoms with Crippen molar-refractivity contribution in [2.45, 2.75) is 25.7 Å². The van der Waals surface area contributed by atoms with Gasteiger partial charge in [0.2, 0.25) is 5.91 Å². The summed E-state index contributed by atoms with van der Waals surface area (Å²) < 4.78 is 4.52. The minimum atomic E-state index is -0.366. The fraction of sp³-hybridized carbons (Fsp3) is 0.526. The SMILES string of the molecule is COC(=O)CCNC(=O)c1ccc(NC(=O)C2CC23CCNCC3)cc1.Cl. The zero-order valence-electron chi connectivity index (χ0n) is 15.4. The fourth-order valence-electron chi connectivity index (χ4n) is 3.61. The molecule has 1 aliphatic carbocycles. The quantitative estimate of drug-likeness (QED) is 0.637. The number of amides is 2. The number of rotatable bonds is 6. The molecular formula is C19H26ClN3O4. The Bertz CT molecular complexity index is 687. The highest BCUT2D eigenvalue weighted by Gasteiger charge is 2.57. The van der Waals surface area contributed by atoms with E-state index in [1.54, 1.807) is 24.3 Å². The molecule has 1 atom stereocenters. The van der Waals surface area contributed by atoms with Gasteiger partial charge in [-0.05, 0) is 62.0 Å². The number of halogens is 1. The van der Waals surface area contributed by atoms with Crippen LogP contribution in [-0.4, -0.2) is 44.5 Å². The number of carbonyl (C=O) groups excluding carboxylic acids is 3. The first-order chi connectivity index (χ1) is 12.5. The van der Waals surface area contributed by atoms with Gasteiger partial charge in [-0.3, -0.25) is 14.4 Å². The third kappa shape index (κ3) is 5.20. The molecule has 3 N–H and O–H groups in total. The normalized spacial score (nSPS) is 19.5. The van der Waals surface area contributed by atoms with Gasteiger partial charge in [0.25, 0.3) is 5.91 Å². The van der Waals surface area contributed by atoms with E-state index >= 15 is 0 Å². The van der Waals surface area contributed by atoms with Gasteiger partial charge in [0.15, 0.2) is 0 Å². The van der Waals surface area contributed by atoms with Gasteiger partial charge >= 0.3 is 5.97 Å². The van der Waals surface area contributed by atoms with Gasteiger partial charge in [0, 0.05) is 23.7 Å². The predicted octanol–water partition coefficient (Wildman–Crippen LogP) is 1.73. The summed E-state index contributed by atoms with van der Waals surface area (Å²) in [5.74, 6) is -0.453. The maximum absolute atomic E-state index is 12.4. The van der Waals surface area contributed by atoms with Crippen LogP contribution >= 0.6 is 12.4 Å². The summed E-state index contributed by atoms with van der Waals surface area (Å²) in [7, 11) is 1.31. The average molecular weight is 396 g/mol. The largest absolute Gasteiger partial charge is 0.469 e. The van der Waals surface area contributed by atoms with Crippen molar-refractivity contribution in [3.8, 4) is 0 Å². The zero-order chi connectivity index (χ0) is 18.6. The van der Waals surface area contributed by atoms with Crippen LogP contribution in [0.1, 0.15) is 36.0 Å². The lowest BCUT2D eigenvalue weighted by Gasteiger charge is -2.23. The number of ether oxygens (including phenoxy) is 1. The molecule has 2 amide bonds. The average Bonchev–Trinajstić information content (AvgIpc) is 3.35. The number of benzene rings is 1. The second-order valence-electron chi connectivity index (χ2n) is 7.02. The van der Waals surface area contributed by atoms with Gasteiger partial charge in [-0.2, -0.15) is 0 Å². The molecule has 27 heavy (non-hydrogen) atoms. The first-order valence-electron chi connectivity index (χ1n) is 9.01. The number of piperidine rings is 1. The number of nitrogens with one attached hydrogen (secondary N) is 3. The van der Waals surface area contributed by atoms with E-state index < -0.39 is 0 Å². The molecule has 1 unspecified atom stereocenters. The Hall–Kier alpha value is -2.12. The molecule has 148 valence electrons. The van der Waals surface area contributed by atoms with Crippen molar-refractivity contribution in [2.75, 3.05) is 32.1 Å². The first kappa shape index (κ1) is 21.2. The van der Waals surface area contributed by atoms with Crippen molar-refractivity contribution in [3.63, 3.8) is 0 Å². The molecule has 0 radical (unpaired) electrons. The van der Waals surface area contributed by atoms with Crippen LogP contribution in [0.3, 0.4) is 0 Å². The Morgan fingerprint density at radius 2 is 1.85 bits per heavy atom. The monoisotopic (exact) mass is 395 g/mol. The van der Waals surface area contributed by atoms with E-state index in [-0.39, 0.29) is 54.5 Å². The van der Waals surface area contributed by atoms with Gasteiger partial charge in [-0.15, -0.1) is 12.4 Å². The summed E-state index contributed by atoms with van der Waals surface area (Å²) in [6.07, 6.45) is 3.24. The van der Waals surface area contributed by atoms with E-state index in [4.69, 9.17) is 0 Å². The van der Waals surface area contributed by atoms with Crippen LogP contribution in [0.25, 0.3) is 0 Å². The zero-order valence-corrected chi connectivity index (χ0v) is 16.2. The molecule has 1 saturated carbocycles. The maximum atomic E-state index is 12.4. The molecule has 1 saturated heterocycles. The van der Waals surface area contributed by atoms with Gasteiger partial charge in [0.05, 0.1) is 13.5 Å². The Balaban J connectivity index is 0.00000261. The third-order valence-corrected chi connectivity index (χ3v) is 5.36. The molecule has 8 heteroatoms. The summed E-state index contributed by atoms with van der Waals surface area (Å²) in [5.41, 5.74) is 1.38. The molecule has 1 spiro atoms. The molecule has 0 aromatic heterocycles. The van der Waals surface area contributed by atoms with Crippen LogP contribution in [0, 0.1) is 11.3 Å². The van der Waals surface area contributed by atoms with Crippen LogP contribution in [-0.2, 0) is 14.3 Å². The van der Waals surface area contributed by atoms with Crippen molar-refractivity contribution in [1.29, 1.82) is 0 Å². The molecule has 2 aliphatic rings. The summed E-state index contributed by atoms with van der Waals surface area (Å²) in [6.45, 7) is 2.20. The summed E-state index contributed by atoms with van der Waals surface area (Å²) in [5, 5.41) is 8.95. The standard InChI is InChI=1S/C19H25N3O4.ClH/c1-26-16(23)6-9-21-17(24)13-2-4-14(5-3-13)22-18(25)15-12-19(15)7-10-20-11-8-19;/h2-5,15,20H,6-12H2,1H3,(H,21,24)(H,22,25);1H. The summed E-state index contributed by atoms with van der Waals surface area (Å²) >= 11 is 0. The van der Waals surface area contributed by atoms with Crippen LogP contribution in [0.4, 0.5) is 5.69 Å². The molecule has 1 aromatic rings. The number of anilines is 1. The number of hydrogen-bond acceptors (Lipinski definition) is 5. The molecule has 0 bridgehead atoms. The van der Waals surface area contributed by atoms with Crippen LogP contribution in [0.15, 0.2) is 24.3 Å². The van der Waals surface area contributed by atoms with E-state index in [0.29, 0.717) is 11.3 Å². The van der Waals surface area contributed by atoms with Crippen molar-refractivity contribution in [1.82, 2.24) is 10.6 Å². The Morgan fingerprint density at radius 1 is 1.19 bits per heavy atom. The van der Waals surface area contributed by atoms with Gasteiger partial charge in [0.1, 0.15) is 0 Å². The molecular weight excluding hydrogens is 370 g/mol. The van der Waals surface area contributed by atoms with Crippen molar-refractivity contribution < 1.29 is 19.1 Å². The van der Waals surface area contributed by atoms with Crippen molar-refractivity contribution in [2.24, 2.45) is 11.3 Å². The van der Waals surface area contributed by atoms with Crippen LogP contribution in [0.2, 0.25) is 0 Å². The Morgan fingerprint density at radius 3 is 2.48 bits per heavy atom. The molecule has 7 nitrogen and oxygen atoms in total. The summed E-state index contributed by atoms with van der Waals surface area (Å²) in [6, 6.07) is 6.78. The van der Waals surface area contributed by atoms with E-state index in [0.717, 1.165) is 32.4 Å². The minimum Gasteiger partial charge on any atom is -0.469 e. The number of hydrogen-bond donors (Lipinski definition) is 3. The number of carbonyl (C=O) groups is 3. The molecule has 1 aliphatic heterocycles. The van der Waals surface area contributed by atoms with Crippen molar-refractivity contribution >= 4 is 35.9 Å². The lowest BCUT2D eigenvalue weighted by Crippen LogP contribution is -2.31. The van der Waals surface area contributed by atoms with E-state index in [1.807, 2.05) is 0 Å². The van der Waals surface area contributed by atoms with Crippen molar-refractivity contribution in [3.05, 3.63) is 29.8 Å². The highest BCUT2D eigenvalue weighted by Crippen LogP contribution is 2.58. The molecule has 2 fully saturated rings. The highest BCUT2D eigenvalue weighted by molar-refractivity contribution is 5.97. The van der Waals surface area contributed by atoms with E-state index in [1.165, 1.54) is 7.11 Å². The van der Waals surface area contributed by atoms with Gasteiger partial charge in [-0.25, -0.2) is 0 Å². The van der Waals surface area contributed by atoms with E-state index in [2.05, 4.69) is 20.7 Å². The lowest BCUT2D eigenvalue weighted by molar-refractivity contribution is -0.140. The number of esters is 1. The van der Waals surface area contributed by atoms with Crippen LogP contribution in [0.5, 0.6) is 0 Å². The Labute approximate surface area is 165 Å². The highest BCUT2D eigenvalue weighted by atomic mass is 35.5. The second-order valence-corrected chi connectivity index (χ2v) is 7.02. The maximum Gasteiger partial charge on any atom is 0.307 e. The Kier molecular flexibility index (Phi) is 7.21. The van der Waals surface area contributed by atoms with Crippen LogP contribution < -0.4 is 16.0 Å². The second kappa shape index (κ2) is 9.19. The first-order valence-corrected chi connectivity index (χ1v) is 9.01. The third-order valence-electron chi connectivity index (χ3n) is 5.36. The predicted molar refractivity (Wildman–Crippen MR) is 104 cm³/mol. The molecule has 1 aromatic carbocycles. The molecule has 1 heterocycles. The molecule has 3 rings (SSSR count). The smallest absolute Gasteiger partial charge is 0.307 e.